The molecule has 1 atom stereocenters. The summed E-state index contributed by atoms with van der Waals surface area (Å²) in [5, 5.41) is 5.02. The molecule has 3 aromatic heterocycles. The Morgan fingerprint density at radius 2 is 1.97 bits per heavy atom. The number of para-hydroxylation sites is 1. The highest BCUT2D eigenvalue weighted by Crippen LogP contribution is 2.32. The lowest BCUT2D eigenvalue weighted by atomic mass is 10.0. The quantitative estimate of drug-likeness (QED) is 0.488. The lowest BCUT2D eigenvalue weighted by Gasteiger charge is -2.37. The van der Waals surface area contributed by atoms with Crippen molar-refractivity contribution in [2.75, 3.05) is 13.1 Å². The van der Waals surface area contributed by atoms with Gasteiger partial charge in [0.2, 0.25) is 5.88 Å². The zero-order valence-corrected chi connectivity index (χ0v) is 16.9. The number of hydrogen-bond donors (Lipinski definition) is 0. The average molecular weight is 435 g/mol. The van der Waals surface area contributed by atoms with Gasteiger partial charge in [0.25, 0.3) is 11.8 Å². The van der Waals surface area contributed by atoms with Crippen LogP contribution in [0.25, 0.3) is 16.6 Å². The van der Waals surface area contributed by atoms with Crippen LogP contribution in [-0.4, -0.2) is 55.7 Å². The minimum atomic E-state index is -3.09. The van der Waals surface area contributed by atoms with Crippen LogP contribution in [0.3, 0.4) is 0 Å². The molecular weight excluding hydrogens is 416 g/mol. The number of likely N-dealkylation sites (tertiary alicyclic amines) is 1. The van der Waals surface area contributed by atoms with E-state index in [0.29, 0.717) is 11.2 Å². The van der Waals surface area contributed by atoms with Crippen LogP contribution in [0.5, 0.6) is 5.88 Å². The first-order valence-electron chi connectivity index (χ1n) is 10.2. The minimum absolute atomic E-state index is 0.0927. The number of aromatic nitrogens is 4. The summed E-state index contributed by atoms with van der Waals surface area (Å²) in [6, 6.07) is 15.8. The first-order valence-corrected chi connectivity index (χ1v) is 10.2. The fourth-order valence-electron chi connectivity index (χ4n) is 3.70. The first kappa shape index (κ1) is 20.0. The number of pyridine rings is 2. The smallest absolute Gasteiger partial charge is 0.287 e. The standard InChI is InChI=1S/C23H19F2N5O2/c24-23(25)9-13-29(22(31)19-14-17(8-11-26-19)30-12-3-10-27-30)15-20(23)32-21-7-6-16-4-1-2-5-18(16)28-21/h1-8,10-12,14,20H,9,13,15H2/t20-/m0/s1. The van der Waals surface area contributed by atoms with Gasteiger partial charge in [0.05, 0.1) is 17.7 Å². The zero-order chi connectivity index (χ0) is 22.1. The molecule has 4 heterocycles. The van der Waals surface area contributed by atoms with Crippen molar-refractivity contribution in [1.29, 1.82) is 0 Å². The number of ether oxygens (including phenoxy) is 1. The second kappa shape index (κ2) is 7.99. The molecule has 9 heteroatoms. The maximum Gasteiger partial charge on any atom is 0.287 e. The highest BCUT2D eigenvalue weighted by Gasteiger charge is 2.47. The molecule has 7 nitrogen and oxygen atoms in total. The average Bonchev–Trinajstić information content (AvgIpc) is 3.35. The van der Waals surface area contributed by atoms with E-state index >= 15 is 0 Å². The van der Waals surface area contributed by atoms with E-state index in [2.05, 4.69) is 15.1 Å². The third kappa shape index (κ3) is 3.89. The number of nitrogens with zero attached hydrogens (tertiary/aromatic N) is 5. The maximum atomic E-state index is 14.6. The fourth-order valence-corrected chi connectivity index (χ4v) is 3.70. The van der Waals surface area contributed by atoms with Gasteiger partial charge in [0.15, 0.2) is 6.10 Å². The second-order valence-electron chi connectivity index (χ2n) is 7.56. The lowest BCUT2D eigenvalue weighted by molar-refractivity contribution is -0.131. The number of rotatable bonds is 4. The number of carbonyl (C=O) groups excluding carboxylic acids is 1. The molecule has 0 spiro atoms. The van der Waals surface area contributed by atoms with Crippen LogP contribution in [0.15, 0.2) is 73.2 Å². The van der Waals surface area contributed by atoms with Gasteiger partial charge in [-0.05, 0) is 30.3 Å². The van der Waals surface area contributed by atoms with Crippen LogP contribution < -0.4 is 4.74 Å². The number of amides is 1. The summed E-state index contributed by atoms with van der Waals surface area (Å²) in [7, 11) is 0. The van der Waals surface area contributed by atoms with Gasteiger partial charge in [-0.15, -0.1) is 0 Å². The van der Waals surface area contributed by atoms with Gasteiger partial charge in [-0.1, -0.05) is 18.2 Å². The van der Waals surface area contributed by atoms with Gasteiger partial charge in [0.1, 0.15) is 5.69 Å². The molecule has 0 saturated carbocycles. The molecule has 1 amide bonds. The molecule has 0 unspecified atom stereocenters. The molecule has 0 radical (unpaired) electrons. The first-order chi connectivity index (χ1) is 15.5. The van der Waals surface area contributed by atoms with Crippen LogP contribution in [0.2, 0.25) is 0 Å². The van der Waals surface area contributed by atoms with Gasteiger partial charge >= 0.3 is 0 Å². The van der Waals surface area contributed by atoms with E-state index < -0.39 is 24.4 Å². The molecule has 1 aromatic carbocycles. The lowest BCUT2D eigenvalue weighted by Crippen LogP contribution is -2.55. The number of carbonyl (C=O) groups is 1. The minimum Gasteiger partial charge on any atom is -0.466 e. The fraction of sp³-hybridized carbons (Fsp3) is 0.217. The van der Waals surface area contributed by atoms with Crippen molar-refractivity contribution in [3.63, 3.8) is 0 Å². The Labute approximate surface area is 182 Å². The van der Waals surface area contributed by atoms with E-state index in [1.165, 1.54) is 11.1 Å². The normalized spacial score (nSPS) is 17.9. The van der Waals surface area contributed by atoms with E-state index in [0.717, 1.165) is 5.39 Å². The monoisotopic (exact) mass is 435 g/mol. The van der Waals surface area contributed by atoms with Crippen molar-refractivity contribution in [2.45, 2.75) is 18.4 Å². The van der Waals surface area contributed by atoms with E-state index in [-0.39, 0.29) is 24.7 Å². The third-order valence-electron chi connectivity index (χ3n) is 5.43. The van der Waals surface area contributed by atoms with Gasteiger partial charge < -0.3 is 9.64 Å². The topological polar surface area (TPSA) is 73.1 Å². The molecule has 0 aliphatic carbocycles. The number of fused-ring (bicyclic) bond motifs is 1. The summed E-state index contributed by atoms with van der Waals surface area (Å²) in [5.74, 6) is -3.43. The molecule has 1 saturated heterocycles. The highest BCUT2D eigenvalue weighted by molar-refractivity contribution is 5.93. The molecule has 0 bridgehead atoms. The SMILES string of the molecule is O=C(c1cc(-n2cccn2)ccn1)N1CCC(F)(F)[C@@H](Oc2ccc3ccccc3n2)C1. The summed E-state index contributed by atoms with van der Waals surface area (Å²) in [5.41, 5.74) is 1.46. The Morgan fingerprint density at radius 3 is 2.81 bits per heavy atom. The molecule has 0 N–H and O–H groups in total. The largest absolute Gasteiger partial charge is 0.466 e. The van der Waals surface area contributed by atoms with Gasteiger partial charge in [-0.25, -0.2) is 18.4 Å². The van der Waals surface area contributed by atoms with Crippen LogP contribution in [-0.2, 0) is 0 Å². The summed E-state index contributed by atoms with van der Waals surface area (Å²) in [6.45, 7) is -0.363. The molecular formula is C23H19F2N5O2. The maximum absolute atomic E-state index is 14.6. The Morgan fingerprint density at radius 1 is 1.09 bits per heavy atom. The molecule has 5 rings (SSSR count). The predicted molar refractivity (Wildman–Crippen MR) is 113 cm³/mol. The van der Waals surface area contributed by atoms with Crippen molar-refractivity contribution < 1.29 is 18.3 Å². The van der Waals surface area contributed by atoms with Crippen molar-refractivity contribution in [2.24, 2.45) is 0 Å². The Hall–Kier alpha value is -3.88. The van der Waals surface area contributed by atoms with Crippen molar-refractivity contribution in [3.8, 4) is 11.6 Å². The zero-order valence-electron chi connectivity index (χ0n) is 16.9. The Kier molecular flexibility index (Phi) is 5.01. The Bertz CT molecular complexity index is 1260. The highest BCUT2D eigenvalue weighted by atomic mass is 19.3. The second-order valence-corrected chi connectivity index (χ2v) is 7.56. The molecule has 1 aliphatic heterocycles. The van der Waals surface area contributed by atoms with E-state index in [4.69, 9.17) is 4.74 Å². The Balaban J connectivity index is 1.36. The summed E-state index contributed by atoms with van der Waals surface area (Å²) in [6.07, 6.45) is 2.84. The molecule has 162 valence electrons. The van der Waals surface area contributed by atoms with E-state index in [1.54, 1.807) is 53.5 Å². The molecule has 1 fully saturated rings. The number of benzene rings is 1. The number of alkyl halides is 2. The number of halogens is 2. The summed E-state index contributed by atoms with van der Waals surface area (Å²) in [4.78, 5) is 22.8. The molecule has 1 aliphatic rings. The third-order valence-corrected chi connectivity index (χ3v) is 5.43. The van der Waals surface area contributed by atoms with Gasteiger partial charge in [-0.2, -0.15) is 5.10 Å². The van der Waals surface area contributed by atoms with Crippen molar-refractivity contribution in [1.82, 2.24) is 24.6 Å². The number of piperidine rings is 1. The number of hydrogen-bond acceptors (Lipinski definition) is 5. The van der Waals surface area contributed by atoms with Crippen LogP contribution >= 0.6 is 0 Å². The van der Waals surface area contributed by atoms with Crippen LogP contribution in [0.4, 0.5) is 8.78 Å². The van der Waals surface area contributed by atoms with Gasteiger partial charge in [-0.3, -0.25) is 9.78 Å². The molecule has 4 aromatic rings. The van der Waals surface area contributed by atoms with Crippen molar-refractivity contribution in [3.05, 3.63) is 78.9 Å². The van der Waals surface area contributed by atoms with Crippen molar-refractivity contribution >= 4 is 16.8 Å². The van der Waals surface area contributed by atoms with Gasteiger partial charge in [0, 0.05) is 43.0 Å². The van der Waals surface area contributed by atoms with Crippen LogP contribution in [0, 0.1) is 0 Å². The molecule has 32 heavy (non-hydrogen) atoms. The van der Waals surface area contributed by atoms with Crippen LogP contribution in [0.1, 0.15) is 16.9 Å². The predicted octanol–water partition coefficient (Wildman–Crippen LogP) is 3.74. The van der Waals surface area contributed by atoms with E-state index in [1.807, 2.05) is 18.2 Å². The summed E-state index contributed by atoms with van der Waals surface area (Å²) < 4.78 is 36.5. The summed E-state index contributed by atoms with van der Waals surface area (Å²) >= 11 is 0. The van der Waals surface area contributed by atoms with E-state index in [9.17, 15) is 13.6 Å².